The first kappa shape index (κ1) is 20.2. The molecule has 0 radical (unpaired) electrons. The van der Waals surface area contributed by atoms with Crippen molar-refractivity contribution in [3.63, 3.8) is 0 Å². The van der Waals surface area contributed by atoms with Gasteiger partial charge in [-0.25, -0.2) is 9.79 Å². The van der Waals surface area contributed by atoms with Crippen LogP contribution in [0.15, 0.2) is 47.5 Å². The highest BCUT2D eigenvalue weighted by atomic mass is 35.5. The van der Waals surface area contributed by atoms with Gasteiger partial charge < -0.3 is 19.1 Å². The van der Waals surface area contributed by atoms with Gasteiger partial charge in [0, 0.05) is 18.2 Å². The number of methoxy groups -OCH3 is 1. The predicted octanol–water partition coefficient (Wildman–Crippen LogP) is 3.99. The number of rotatable bonds is 7. The van der Waals surface area contributed by atoms with Crippen LogP contribution in [-0.4, -0.2) is 50.7 Å². The summed E-state index contributed by atoms with van der Waals surface area (Å²) in [4.78, 5) is 17.9. The van der Waals surface area contributed by atoms with Gasteiger partial charge in [-0.3, -0.25) is 0 Å². The van der Waals surface area contributed by atoms with Crippen LogP contribution in [0.2, 0.25) is 5.02 Å². The molecule has 0 amide bonds. The number of fused-ring (bicyclic) bond motifs is 1. The topological polar surface area (TPSA) is 60.4 Å². The Balaban J connectivity index is 1.66. The number of esters is 1. The van der Waals surface area contributed by atoms with Crippen molar-refractivity contribution >= 4 is 29.1 Å². The van der Waals surface area contributed by atoms with E-state index in [9.17, 15) is 4.79 Å². The molecule has 3 rings (SSSR count). The summed E-state index contributed by atoms with van der Waals surface area (Å²) in [5, 5.41) is 0.654. The number of hydrogen-bond acceptors (Lipinski definition) is 6. The second kappa shape index (κ2) is 9.08. The molecule has 1 atom stereocenters. The van der Waals surface area contributed by atoms with Crippen LogP contribution >= 0.6 is 11.6 Å². The van der Waals surface area contributed by atoms with E-state index in [4.69, 9.17) is 26.1 Å². The fourth-order valence-electron chi connectivity index (χ4n) is 2.97. The molecule has 0 saturated carbocycles. The fraction of sp³-hybridized carbons (Fsp3) is 0.333. The number of ether oxygens (including phenoxy) is 3. The number of aliphatic imine (C=N–C) groups is 1. The number of para-hydroxylation sites is 1. The fourth-order valence-corrected chi connectivity index (χ4v) is 3.19. The summed E-state index contributed by atoms with van der Waals surface area (Å²) in [6, 6.07) is 13.7. The maximum Gasteiger partial charge on any atom is 0.331 e. The summed E-state index contributed by atoms with van der Waals surface area (Å²) < 4.78 is 15.3. The second-order valence-corrected chi connectivity index (χ2v) is 6.81. The summed E-state index contributed by atoms with van der Waals surface area (Å²) in [5.41, 5.74) is 2.92. The molecule has 2 aromatic carbocycles. The van der Waals surface area contributed by atoms with Crippen LogP contribution in [0.1, 0.15) is 24.1 Å². The molecule has 0 aromatic heterocycles. The first-order valence-electron chi connectivity index (χ1n) is 8.99. The standard InChI is InChI=1S/C21H23ClN2O4/c1-14-17-5-4-6-18(22)20(17)23-21(24(14)2)15-7-9-16(10-8-15)28-12-11-27-13-19(25)26-3/h4-10,14H,11-13H2,1-3H3. The zero-order chi connectivity index (χ0) is 20.1. The molecule has 0 spiro atoms. The van der Waals surface area contributed by atoms with E-state index in [2.05, 4.69) is 22.6 Å². The Labute approximate surface area is 169 Å². The van der Waals surface area contributed by atoms with Crippen molar-refractivity contribution in [1.29, 1.82) is 0 Å². The van der Waals surface area contributed by atoms with Crippen molar-refractivity contribution < 1.29 is 19.0 Å². The molecular weight excluding hydrogens is 380 g/mol. The lowest BCUT2D eigenvalue weighted by atomic mass is 10.0. The van der Waals surface area contributed by atoms with Gasteiger partial charge in [0.05, 0.1) is 30.5 Å². The van der Waals surface area contributed by atoms with Crippen LogP contribution in [0, 0.1) is 0 Å². The quantitative estimate of drug-likeness (QED) is 0.517. The highest BCUT2D eigenvalue weighted by Gasteiger charge is 2.26. The average molecular weight is 403 g/mol. The largest absolute Gasteiger partial charge is 0.491 e. The van der Waals surface area contributed by atoms with Crippen LogP contribution in [-0.2, 0) is 14.3 Å². The monoisotopic (exact) mass is 402 g/mol. The van der Waals surface area contributed by atoms with E-state index < -0.39 is 5.97 Å². The molecule has 1 aliphatic heterocycles. The van der Waals surface area contributed by atoms with Crippen LogP contribution in [0.25, 0.3) is 0 Å². The van der Waals surface area contributed by atoms with Crippen LogP contribution < -0.4 is 4.74 Å². The summed E-state index contributed by atoms with van der Waals surface area (Å²) in [6.07, 6.45) is 0. The van der Waals surface area contributed by atoms with Crippen molar-refractivity contribution in [1.82, 2.24) is 4.90 Å². The second-order valence-electron chi connectivity index (χ2n) is 6.40. The van der Waals surface area contributed by atoms with Crippen molar-refractivity contribution in [2.75, 3.05) is 34.0 Å². The number of carbonyl (C=O) groups excluding carboxylic acids is 1. The minimum atomic E-state index is -0.405. The molecule has 7 heteroatoms. The van der Waals surface area contributed by atoms with Crippen molar-refractivity contribution in [2.24, 2.45) is 4.99 Å². The van der Waals surface area contributed by atoms with E-state index in [1.807, 2.05) is 43.4 Å². The normalized spacial score (nSPS) is 15.6. The van der Waals surface area contributed by atoms with E-state index in [1.54, 1.807) is 0 Å². The van der Waals surface area contributed by atoms with E-state index >= 15 is 0 Å². The Bertz CT molecular complexity index is 867. The van der Waals surface area contributed by atoms with Gasteiger partial charge in [0.15, 0.2) is 0 Å². The maximum absolute atomic E-state index is 11.0. The number of nitrogens with zero attached hydrogens (tertiary/aromatic N) is 2. The Morgan fingerprint density at radius 3 is 2.64 bits per heavy atom. The highest BCUT2D eigenvalue weighted by molar-refractivity contribution is 6.33. The Morgan fingerprint density at radius 2 is 1.93 bits per heavy atom. The van der Waals surface area contributed by atoms with Gasteiger partial charge in [0.2, 0.25) is 0 Å². The third-order valence-electron chi connectivity index (χ3n) is 4.66. The summed E-state index contributed by atoms with van der Waals surface area (Å²) in [5.74, 6) is 1.18. The molecule has 0 fully saturated rings. The molecule has 1 heterocycles. The van der Waals surface area contributed by atoms with Gasteiger partial charge >= 0.3 is 5.97 Å². The molecule has 28 heavy (non-hydrogen) atoms. The first-order chi connectivity index (χ1) is 13.5. The van der Waals surface area contributed by atoms with E-state index in [-0.39, 0.29) is 12.6 Å². The predicted molar refractivity (Wildman–Crippen MR) is 109 cm³/mol. The van der Waals surface area contributed by atoms with Gasteiger partial charge in [0.1, 0.15) is 24.8 Å². The molecule has 1 aliphatic rings. The minimum Gasteiger partial charge on any atom is -0.491 e. The van der Waals surface area contributed by atoms with E-state index in [1.165, 1.54) is 7.11 Å². The molecule has 0 bridgehead atoms. The molecule has 148 valence electrons. The number of halogens is 1. The lowest BCUT2D eigenvalue weighted by Crippen LogP contribution is -2.33. The number of amidine groups is 1. The van der Waals surface area contributed by atoms with Gasteiger partial charge in [-0.05, 0) is 37.3 Å². The molecule has 2 aromatic rings. The SMILES string of the molecule is COC(=O)COCCOc1ccc(C2=Nc3c(Cl)cccc3C(C)N2C)cc1. The average Bonchev–Trinajstić information content (AvgIpc) is 2.71. The zero-order valence-corrected chi connectivity index (χ0v) is 16.9. The molecular formula is C21H23ClN2O4. The number of carbonyl (C=O) groups is 1. The van der Waals surface area contributed by atoms with Gasteiger partial charge in [-0.2, -0.15) is 0 Å². The smallest absolute Gasteiger partial charge is 0.331 e. The van der Waals surface area contributed by atoms with Crippen LogP contribution in [0.5, 0.6) is 5.75 Å². The van der Waals surface area contributed by atoms with Crippen LogP contribution in [0.4, 0.5) is 5.69 Å². The summed E-state index contributed by atoms with van der Waals surface area (Å²) >= 11 is 6.36. The highest BCUT2D eigenvalue weighted by Crippen LogP contribution is 2.39. The van der Waals surface area contributed by atoms with E-state index in [0.29, 0.717) is 18.2 Å². The Hall–Kier alpha value is -2.57. The zero-order valence-electron chi connectivity index (χ0n) is 16.1. The molecule has 6 nitrogen and oxygen atoms in total. The minimum absolute atomic E-state index is 0.0762. The molecule has 0 N–H and O–H groups in total. The van der Waals surface area contributed by atoms with E-state index in [0.717, 1.165) is 28.4 Å². The lowest BCUT2D eigenvalue weighted by Gasteiger charge is -2.33. The maximum atomic E-state index is 11.0. The first-order valence-corrected chi connectivity index (χ1v) is 9.36. The third kappa shape index (κ3) is 4.46. The Kier molecular flexibility index (Phi) is 6.54. The van der Waals surface area contributed by atoms with Crippen molar-refractivity contribution in [2.45, 2.75) is 13.0 Å². The number of benzene rings is 2. The summed E-state index contributed by atoms with van der Waals surface area (Å²) in [7, 11) is 3.35. The Morgan fingerprint density at radius 1 is 1.18 bits per heavy atom. The number of hydrogen-bond donors (Lipinski definition) is 0. The lowest BCUT2D eigenvalue weighted by molar-refractivity contribution is -0.146. The van der Waals surface area contributed by atoms with Gasteiger partial charge in [0.25, 0.3) is 0 Å². The molecule has 1 unspecified atom stereocenters. The van der Waals surface area contributed by atoms with Crippen molar-refractivity contribution in [3.8, 4) is 5.75 Å². The van der Waals surface area contributed by atoms with Crippen molar-refractivity contribution in [3.05, 3.63) is 58.6 Å². The van der Waals surface area contributed by atoms with Gasteiger partial charge in [-0.1, -0.05) is 23.7 Å². The van der Waals surface area contributed by atoms with Crippen LogP contribution in [0.3, 0.4) is 0 Å². The molecule has 0 saturated heterocycles. The molecule has 0 aliphatic carbocycles. The van der Waals surface area contributed by atoms with Gasteiger partial charge in [-0.15, -0.1) is 0 Å². The third-order valence-corrected chi connectivity index (χ3v) is 4.96. The summed E-state index contributed by atoms with van der Waals surface area (Å²) in [6.45, 7) is 2.71.